The number of nitriles is 1. The average molecular weight is 965 g/mol. The lowest BCUT2D eigenvalue weighted by molar-refractivity contribution is -0.109. The summed E-state index contributed by atoms with van der Waals surface area (Å²) >= 11 is 0. The number of aldehydes is 1. The van der Waals surface area contributed by atoms with Gasteiger partial charge in [-0.25, -0.2) is 4.79 Å². The average Bonchev–Trinajstić information content (AvgIpc) is 3.61. The van der Waals surface area contributed by atoms with Gasteiger partial charge in [0.15, 0.2) is 0 Å². The standard InChI is InChI=1S/C28H36N2O.C13H13NO4.C6H11N.C5H13NO.C5H11NO/c1-6-7-21-31-27-19-14-24(15-20-27)28(23-12-17-26(18-13-23)30(4)5)22-9-8-10-25(16-11-22)29(2)3;1-2-7-17-12-4-3-10(5-6-15)8-11(12)13(16)18-9-14;1-5-6(2)7(3)4;1-5(2,4-7)6-3;1-5(2)3-6-4-7/h8,10-20,28H,6-7,9,21H2,1-5H3;3-4,6,8H,2,5,7H2,1H3;5H,1-2H2,3-4H3;6-7H,4H2,1-3H3;4-5H,3H2,1-2H3,(H,6,7). The quantitative estimate of drug-likeness (QED) is 0.0289. The van der Waals surface area contributed by atoms with Crippen LogP contribution in [-0.4, -0.2) is 115 Å². The number of benzene rings is 3. The highest BCUT2D eigenvalue weighted by molar-refractivity contribution is 5.93. The van der Waals surface area contributed by atoms with E-state index in [1.54, 1.807) is 18.2 Å². The first kappa shape index (κ1) is 63.4. The number of aliphatic hydroxyl groups is 1. The van der Waals surface area contributed by atoms with Gasteiger partial charge in [-0.05, 0) is 117 Å². The molecule has 0 heterocycles. The Morgan fingerprint density at radius 1 is 0.900 bits per heavy atom. The number of unbranched alkanes of at least 4 members (excludes halogenated alkanes) is 1. The molecule has 1 unspecified atom stereocenters. The molecule has 0 bridgehead atoms. The van der Waals surface area contributed by atoms with Crippen molar-refractivity contribution < 1.29 is 33.7 Å². The molecule has 3 N–H and O–H groups in total. The molecule has 13 nitrogen and oxygen atoms in total. The van der Waals surface area contributed by atoms with Crippen molar-refractivity contribution in [3.05, 3.63) is 149 Å². The zero-order chi connectivity index (χ0) is 53.1. The molecular formula is C57H84N6O7. The molecule has 0 aliphatic heterocycles. The van der Waals surface area contributed by atoms with E-state index in [0.29, 0.717) is 23.8 Å². The first-order valence-electron chi connectivity index (χ1n) is 23.8. The van der Waals surface area contributed by atoms with E-state index in [0.717, 1.165) is 63.0 Å². The van der Waals surface area contributed by atoms with Crippen LogP contribution >= 0.6 is 0 Å². The van der Waals surface area contributed by atoms with E-state index >= 15 is 0 Å². The van der Waals surface area contributed by atoms with Gasteiger partial charge in [-0.2, -0.15) is 0 Å². The minimum atomic E-state index is -0.781. The molecule has 0 saturated carbocycles. The van der Waals surface area contributed by atoms with E-state index < -0.39 is 5.97 Å². The number of nitrogens with zero attached hydrogens (tertiary/aromatic N) is 4. The summed E-state index contributed by atoms with van der Waals surface area (Å²) in [5.41, 5.74) is 8.09. The number of rotatable bonds is 22. The van der Waals surface area contributed by atoms with Crippen molar-refractivity contribution >= 4 is 24.4 Å². The van der Waals surface area contributed by atoms with Crippen LogP contribution in [0.2, 0.25) is 0 Å². The van der Waals surface area contributed by atoms with Crippen LogP contribution in [0.5, 0.6) is 11.5 Å². The third-order valence-electron chi connectivity index (χ3n) is 10.4. The predicted molar refractivity (Wildman–Crippen MR) is 288 cm³/mol. The van der Waals surface area contributed by atoms with Gasteiger partial charge < -0.3 is 49.4 Å². The molecule has 384 valence electrons. The number of allylic oxidation sites excluding steroid dienone is 6. The lowest BCUT2D eigenvalue weighted by Gasteiger charge is -2.22. The third-order valence-corrected chi connectivity index (χ3v) is 10.4. The SMILES string of the molecule is C=CC(=C)N(C)C.CC(C)CNC=O.CCCCOc1ccc(C(C2=CC=C(N(C)C)C=CC2)c2ccc(N(C)C)cc2)cc1.CCCOc1ccc(CC=O)cc1C(=O)OC#N.CNC(C)(C)CO. The van der Waals surface area contributed by atoms with Gasteiger partial charge in [-0.15, -0.1) is 5.26 Å². The van der Waals surface area contributed by atoms with Crippen LogP contribution < -0.4 is 25.0 Å². The summed E-state index contributed by atoms with van der Waals surface area (Å²) in [6, 6.07) is 22.4. The largest absolute Gasteiger partial charge is 0.494 e. The Morgan fingerprint density at radius 2 is 1.53 bits per heavy atom. The Labute approximate surface area is 421 Å². The van der Waals surface area contributed by atoms with Crippen LogP contribution in [0.25, 0.3) is 0 Å². The van der Waals surface area contributed by atoms with Gasteiger partial charge in [0, 0.05) is 83.8 Å². The van der Waals surface area contributed by atoms with Crippen molar-refractivity contribution in [1.29, 1.82) is 5.26 Å². The zero-order valence-corrected chi connectivity index (χ0v) is 44.5. The molecule has 1 atom stereocenters. The van der Waals surface area contributed by atoms with Crippen molar-refractivity contribution in [3.63, 3.8) is 0 Å². The van der Waals surface area contributed by atoms with E-state index in [-0.39, 0.29) is 30.0 Å². The summed E-state index contributed by atoms with van der Waals surface area (Å²) in [7, 11) is 14.0. The first-order chi connectivity index (χ1) is 33.3. The molecule has 0 aromatic heterocycles. The van der Waals surface area contributed by atoms with Gasteiger partial charge in [0.25, 0.3) is 6.26 Å². The molecule has 1 aliphatic carbocycles. The second kappa shape index (κ2) is 36.4. The summed E-state index contributed by atoms with van der Waals surface area (Å²) in [6.45, 7) is 21.5. The fourth-order valence-corrected chi connectivity index (χ4v) is 5.76. The number of anilines is 1. The number of esters is 1. The van der Waals surface area contributed by atoms with E-state index in [4.69, 9.17) is 19.8 Å². The second-order valence-electron chi connectivity index (χ2n) is 17.9. The number of likely N-dealkylation sites (N-methyl/N-ethyl adjacent to an activating group) is 3. The number of nitrogens with one attached hydrogen (secondary N) is 2. The van der Waals surface area contributed by atoms with Crippen molar-refractivity contribution in [2.24, 2.45) is 5.92 Å². The fourth-order valence-electron chi connectivity index (χ4n) is 5.76. The molecule has 0 radical (unpaired) electrons. The minimum Gasteiger partial charge on any atom is -0.494 e. The normalized spacial score (nSPS) is 11.6. The van der Waals surface area contributed by atoms with Crippen molar-refractivity contribution in [3.8, 4) is 17.8 Å². The first-order valence-corrected chi connectivity index (χ1v) is 23.8. The van der Waals surface area contributed by atoms with Gasteiger partial charge in [0.1, 0.15) is 23.3 Å². The summed E-state index contributed by atoms with van der Waals surface area (Å²) < 4.78 is 15.6. The van der Waals surface area contributed by atoms with Gasteiger partial charge in [-0.1, -0.05) is 95.3 Å². The minimum absolute atomic E-state index is 0.111. The highest BCUT2D eigenvalue weighted by Gasteiger charge is 2.20. The van der Waals surface area contributed by atoms with Crippen LogP contribution in [0.1, 0.15) is 100 Å². The Kier molecular flexibility index (Phi) is 32.9. The highest BCUT2D eigenvalue weighted by Crippen LogP contribution is 2.36. The number of hydrogen-bond acceptors (Lipinski definition) is 12. The highest BCUT2D eigenvalue weighted by atomic mass is 16.5. The number of carbonyl (C=O) groups is 3. The van der Waals surface area contributed by atoms with Gasteiger partial charge in [-0.3, -0.25) is 4.79 Å². The monoisotopic (exact) mass is 965 g/mol. The molecule has 1 aliphatic rings. The molecule has 1 amide bonds. The van der Waals surface area contributed by atoms with Crippen LogP contribution in [0.15, 0.2) is 127 Å². The lowest BCUT2D eigenvalue weighted by Crippen LogP contribution is -2.39. The van der Waals surface area contributed by atoms with Gasteiger partial charge in [0.2, 0.25) is 6.41 Å². The molecule has 0 fully saturated rings. The molecule has 13 heteroatoms. The van der Waals surface area contributed by atoms with Gasteiger partial charge >= 0.3 is 5.97 Å². The summed E-state index contributed by atoms with van der Waals surface area (Å²) in [5.74, 6) is 1.29. The third kappa shape index (κ3) is 26.2. The molecule has 0 saturated heterocycles. The molecule has 0 spiro atoms. The van der Waals surface area contributed by atoms with Gasteiger partial charge in [0.05, 0.1) is 19.8 Å². The van der Waals surface area contributed by atoms with Crippen molar-refractivity contribution in [2.75, 3.05) is 80.6 Å². The summed E-state index contributed by atoms with van der Waals surface area (Å²) in [5, 5.41) is 22.4. The van der Waals surface area contributed by atoms with Crippen LogP contribution in [-0.2, 0) is 20.7 Å². The smallest absolute Gasteiger partial charge is 0.357 e. The van der Waals surface area contributed by atoms with E-state index in [1.165, 1.54) is 40.4 Å². The summed E-state index contributed by atoms with van der Waals surface area (Å²) in [4.78, 5) is 37.8. The molecular weight excluding hydrogens is 881 g/mol. The number of ether oxygens (including phenoxy) is 3. The maximum absolute atomic E-state index is 11.6. The predicted octanol–water partition coefficient (Wildman–Crippen LogP) is 9.86. The van der Waals surface area contributed by atoms with Crippen molar-refractivity contribution in [1.82, 2.24) is 20.4 Å². The molecule has 3 aromatic rings. The van der Waals surface area contributed by atoms with E-state index in [1.807, 2.05) is 46.8 Å². The Morgan fingerprint density at radius 3 is 1.96 bits per heavy atom. The topological polar surface area (TPSA) is 157 Å². The van der Waals surface area contributed by atoms with Crippen LogP contribution in [0, 0.1) is 17.4 Å². The number of aliphatic hydroxyl groups excluding tert-OH is 1. The van der Waals surface area contributed by atoms with E-state index in [9.17, 15) is 14.4 Å². The Bertz CT molecular complexity index is 2110. The number of amides is 1. The maximum atomic E-state index is 11.6. The van der Waals surface area contributed by atoms with Crippen LogP contribution in [0.4, 0.5) is 5.69 Å². The molecule has 3 aromatic carbocycles. The Balaban J connectivity index is 0.00000102. The summed E-state index contributed by atoms with van der Waals surface area (Å²) in [6.07, 6.45) is 17.7. The molecule has 4 rings (SSSR count). The number of carbonyl (C=O) groups excluding carboxylic acids is 3. The molecule has 70 heavy (non-hydrogen) atoms. The maximum Gasteiger partial charge on any atom is 0.357 e. The van der Waals surface area contributed by atoms with Crippen molar-refractivity contribution in [2.45, 2.75) is 85.1 Å². The zero-order valence-electron chi connectivity index (χ0n) is 44.5. The second-order valence-corrected chi connectivity index (χ2v) is 17.9. The van der Waals surface area contributed by atoms with Crippen LogP contribution in [0.3, 0.4) is 0 Å². The lowest BCUT2D eigenvalue weighted by atomic mass is 9.83. The number of hydrogen-bond donors (Lipinski definition) is 3. The van der Waals surface area contributed by atoms with E-state index in [2.05, 4.69) is 160 Å². The Hall–Kier alpha value is -6.62. The fraction of sp³-hybridized carbons (Fsp3) is 0.439.